The molecule has 2 aromatic heterocycles. The molecule has 1 aliphatic carbocycles. The molecule has 5 heteroatoms. The molecule has 5 nitrogen and oxygen atoms in total. The predicted octanol–water partition coefficient (Wildman–Crippen LogP) is 3.56. The van der Waals surface area contributed by atoms with Gasteiger partial charge in [-0.25, -0.2) is 9.97 Å². The first-order chi connectivity index (χ1) is 10.3. The minimum atomic E-state index is 0.260. The average Bonchev–Trinajstić information content (AvgIpc) is 2.87. The summed E-state index contributed by atoms with van der Waals surface area (Å²) in [6.07, 6.45) is 7.86. The Morgan fingerprint density at radius 1 is 1.14 bits per heavy atom. The van der Waals surface area contributed by atoms with Crippen molar-refractivity contribution >= 4 is 27.8 Å². The highest BCUT2D eigenvalue weighted by Gasteiger charge is 2.17. The molecule has 0 atom stereocenters. The van der Waals surface area contributed by atoms with Crippen LogP contribution in [0.15, 0.2) is 24.5 Å². The van der Waals surface area contributed by atoms with Gasteiger partial charge in [-0.15, -0.1) is 0 Å². The van der Waals surface area contributed by atoms with Crippen molar-refractivity contribution in [1.29, 1.82) is 0 Å². The number of aromatic amines is 1. The Morgan fingerprint density at radius 3 is 2.86 bits per heavy atom. The van der Waals surface area contributed by atoms with Gasteiger partial charge < -0.3 is 15.4 Å². The summed E-state index contributed by atoms with van der Waals surface area (Å²) in [5.41, 5.74) is 1.78. The largest absolute Gasteiger partial charge is 0.508 e. The van der Waals surface area contributed by atoms with E-state index in [1.54, 1.807) is 18.5 Å². The molecule has 0 bridgehead atoms. The van der Waals surface area contributed by atoms with Gasteiger partial charge in [0.05, 0.1) is 5.39 Å². The van der Waals surface area contributed by atoms with Gasteiger partial charge >= 0.3 is 0 Å². The van der Waals surface area contributed by atoms with Crippen LogP contribution in [0.2, 0.25) is 0 Å². The van der Waals surface area contributed by atoms with Gasteiger partial charge in [0.2, 0.25) is 0 Å². The standard InChI is InChI=1S/C16H18N4O/c21-11-6-7-13-12(8-11)14-15(17-9-18-16(14)20-13)19-10-4-2-1-3-5-10/h6-10,21H,1-5H2,(H2,17,18,19,20). The van der Waals surface area contributed by atoms with Gasteiger partial charge in [0.25, 0.3) is 0 Å². The van der Waals surface area contributed by atoms with Crippen molar-refractivity contribution in [2.45, 2.75) is 38.1 Å². The topological polar surface area (TPSA) is 73.8 Å². The molecule has 108 valence electrons. The van der Waals surface area contributed by atoms with Crippen LogP contribution in [-0.2, 0) is 0 Å². The number of nitrogens with zero attached hydrogens (tertiary/aromatic N) is 2. The third kappa shape index (κ3) is 2.18. The fourth-order valence-electron chi connectivity index (χ4n) is 3.26. The minimum Gasteiger partial charge on any atom is -0.508 e. The first kappa shape index (κ1) is 12.4. The molecule has 0 saturated heterocycles. The highest BCUT2D eigenvalue weighted by Crippen LogP contribution is 2.32. The van der Waals surface area contributed by atoms with E-state index in [9.17, 15) is 5.11 Å². The summed E-state index contributed by atoms with van der Waals surface area (Å²) in [5.74, 6) is 1.12. The van der Waals surface area contributed by atoms with Crippen LogP contribution in [0.3, 0.4) is 0 Å². The van der Waals surface area contributed by atoms with Crippen molar-refractivity contribution in [1.82, 2.24) is 15.0 Å². The maximum Gasteiger partial charge on any atom is 0.143 e. The molecule has 1 aliphatic rings. The van der Waals surface area contributed by atoms with E-state index in [0.29, 0.717) is 6.04 Å². The van der Waals surface area contributed by atoms with Gasteiger partial charge in [0, 0.05) is 16.9 Å². The van der Waals surface area contributed by atoms with Crippen molar-refractivity contribution in [3.63, 3.8) is 0 Å². The highest BCUT2D eigenvalue weighted by atomic mass is 16.3. The Morgan fingerprint density at radius 2 is 2.00 bits per heavy atom. The van der Waals surface area contributed by atoms with Crippen LogP contribution in [-0.4, -0.2) is 26.1 Å². The van der Waals surface area contributed by atoms with Crippen LogP contribution in [0.25, 0.3) is 21.9 Å². The molecule has 3 N–H and O–H groups in total. The highest BCUT2D eigenvalue weighted by molar-refractivity contribution is 6.11. The number of rotatable bonds is 2. The van der Waals surface area contributed by atoms with E-state index < -0.39 is 0 Å². The van der Waals surface area contributed by atoms with Crippen LogP contribution in [0.4, 0.5) is 5.82 Å². The Kier molecular flexibility index (Phi) is 2.91. The van der Waals surface area contributed by atoms with Crippen molar-refractivity contribution in [3.8, 4) is 5.75 Å². The lowest BCUT2D eigenvalue weighted by Crippen LogP contribution is -2.22. The van der Waals surface area contributed by atoms with Gasteiger partial charge in [0.1, 0.15) is 23.5 Å². The molecule has 0 radical (unpaired) electrons. The van der Waals surface area contributed by atoms with Crippen LogP contribution >= 0.6 is 0 Å². The molecular formula is C16H18N4O. The summed E-state index contributed by atoms with van der Waals surface area (Å²) in [4.78, 5) is 12.0. The minimum absolute atomic E-state index is 0.260. The molecule has 1 fully saturated rings. The van der Waals surface area contributed by atoms with Crippen LogP contribution in [0.1, 0.15) is 32.1 Å². The van der Waals surface area contributed by atoms with Crippen molar-refractivity contribution in [2.24, 2.45) is 0 Å². The third-order valence-electron chi connectivity index (χ3n) is 4.32. The number of nitrogens with one attached hydrogen (secondary N) is 2. The van der Waals surface area contributed by atoms with E-state index in [4.69, 9.17) is 0 Å². The molecular weight excluding hydrogens is 264 g/mol. The van der Waals surface area contributed by atoms with Gasteiger partial charge in [-0.05, 0) is 31.0 Å². The summed E-state index contributed by atoms with van der Waals surface area (Å²) < 4.78 is 0. The lowest BCUT2D eigenvalue weighted by molar-refractivity contribution is 0.462. The molecule has 1 saturated carbocycles. The Hall–Kier alpha value is -2.30. The zero-order valence-corrected chi connectivity index (χ0v) is 11.8. The third-order valence-corrected chi connectivity index (χ3v) is 4.32. The summed E-state index contributed by atoms with van der Waals surface area (Å²) in [6, 6.07) is 5.80. The van der Waals surface area contributed by atoms with Gasteiger partial charge in [0.15, 0.2) is 0 Å². The number of phenols is 1. The van der Waals surface area contributed by atoms with Crippen molar-refractivity contribution in [2.75, 3.05) is 5.32 Å². The van der Waals surface area contributed by atoms with Crippen molar-refractivity contribution in [3.05, 3.63) is 24.5 Å². The number of H-pyrrole nitrogens is 1. The van der Waals surface area contributed by atoms with Gasteiger partial charge in [-0.2, -0.15) is 0 Å². The zero-order chi connectivity index (χ0) is 14.2. The van der Waals surface area contributed by atoms with Gasteiger partial charge in [-0.1, -0.05) is 19.3 Å². The quantitative estimate of drug-likeness (QED) is 0.672. The number of benzene rings is 1. The SMILES string of the molecule is Oc1ccc2[nH]c3ncnc(NC4CCCCC4)c3c2c1. The fraction of sp³-hybridized carbons (Fsp3) is 0.375. The second-order valence-corrected chi connectivity index (χ2v) is 5.78. The molecule has 0 unspecified atom stereocenters. The number of hydrogen-bond acceptors (Lipinski definition) is 4. The molecule has 0 spiro atoms. The van der Waals surface area contributed by atoms with Gasteiger partial charge in [-0.3, -0.25) is 0 Å². The van der Waals surface area contributed by atoms with Crippen LogP contribution in [0.5, 0.6) is 5.75 Å². The summed E-state index contributed by atoms with van der Waals surface area (Å²) in [7, 11) is 0. The average molecular weight is 282 g/mol. The summed E-state index contributed by atoms with van der Waals surface area (Å²) >= 11 is 0. The molecule has 2 heterocycles. The van der Waals surface area contributed by atoms with E-state index in [0.717, 1.165) is 27.8 Å². The molecule has 3 aromatic rings. The number of phenolic OH excluding ortho intramolecular Hbond substituents is 1. The monoisotopic (exact) mass is 282 g/mol. The smallest absolute Gasteiger partial charge is 0.143 e. The van der Waals surface area contributed by atoms with Crippen molar-refractivity contribution < 1.29 is 5.11 Å². The van der Waals surface area contributed by atoms with E-state index in [1.807, 2.05) is 6.07 Å². The lowest BCUT2D eigenvalue weighted by Gasteiger charge is -2.23. The number of anilines is 1. The Labute approximate surface area is 122 Å². The zero-order valence-electron chi connectivity index (χ0n) is 11.8. The van der Waals surface area contributed by atoms with E-state index in [2.05, 4.69) is 20.3 Å². The molecule has 21 heavy (non-hydrogen) atoms. The normalized spacial score (nSPS) is 16.6. The first-order valence-electron chi connectivity index (χ1n) is 7.53. The fourth-order valence-corrected chi connectivity index (χ4v) is 3.26. The van der Waals surface area contributed by atoms with E-state index >= 15 is 0 Å². The molecule has 0 aliphatic heterocycles. The number of fused-ring (bicyclic) bond motifs is 3. The summed E-state index contributed by atoms with van der Waals surface area (Å²) in [6.45, 7) is 0. The predicted molar refractivity (Wildman–Crippen MR) is 83.6 cm³/mol. The lowest BCUT2D eigenvalue weighted by atomic mass is 9.95. The number of aromatic hydroxyl groups is 1. The molecule has 4 rings (SSSR count). The number of hydrogen-bond donors (Lipinski definition) is 3. The molecule has 1 aromatic carbocycles. The molecule has 0 amide bonds. The van der Waals surface area contributed by atoms with E-state index in [1.165, 1.54) is 32.1 Å². The second-order valence-electron chi connectivity index (χ2n) is 5.78. The van der Waals surface area contributed by atoms with Crippen LogP contribution < -0.4 is 5.32 Å². The second kappa shape index (κ2) is 4.91. The maximum atomic E-state index is 9.75. The van der Waals surface area contributed by atoms with E-state index in [-0.39, 0.29) is 5.75 Å². The first-order valence-corrected chi connectivity index (χ1v) is 7.53. The Balaban J connectivity index is 1.83. The van der Waals surface area contributed by atoms with Crippen LogP contribution in [0, 0.1) is 0 Å². The number of aromatic nitrogens is 3. The maximum absolute atomic E-state index is 9.75. The summed E-state index contributed by atoms with van der Waals surface area (Å²) in [5, 5.41) is 15.2. The Bertz CT molecular complexity index is 789.